The molecule has 0 bridgehead atoms. The van der Waals surface area contributed by atoms with Gasteiger partial charge >= 0.3 is 0 Å². The van der Waals surface area contributed by atoms with E-state index in [2.05, 4.69) is 10.0 Å². The van der Waals surface area contributed by atoms with Crippen molar-refractivity contribution in [3.8, 4) is 0 Å². The third kappa shape index (κ3) is 6.90. The zero-order chi connectivity index (χ0) is 23.4. The fourth-order valence-electron chi connectivity index (χ4n) is 4.01. The highest BCUT2D eigenvalue weighted by Gasteiger charge is 2.46. The molecule has 0 saturated carbocycles. The lowest BCUT2D eigenvalue weighted by molar-refractivity contribution is -0.0897. The summed E-state index contributed by atoms with van der Waals surface area (Å²) in [6.45, 7) is 1.80. The van der Waals surface area contributed by atoms with Crippen LogP contribution in [0.2, 0.25) is 0 Å². The molecule has 0 unspecified atom stereocenters. The Morgan fingerprint density at radius 2 is 1.15 bits per heavy atom. The highest BCUT2D eigenvalue weighted by Crippen LogP contribution is 2.29. The van der Waals surface area contributed by atoms with Gasteiger partial charge in [-0.2, -0.15) is 0 Å². The van der Waals surface area contributed by atoms with Gasteiger partial charge in [-0.1, -0.05) is 96.1 Å². The van der Waals surface area contributed by atoms with Gasteiger partial charge in [-0.3, -0.25) is 0 Å². The summed E-state index contributed by atoms with van der Waals surface area (Å²) in [7, 11) is 0. The van der Waals surface area contributed by atoms with Gasteiger partial charge in [0.15, 0.2) is 0 Å². The minimum Gasteiger partial charge on any atom is -0.374 e. The Bertz CT molecular complexity index is 1030. The SMILES string of the molecule is [N-]=[N+]=NC[C@H]1O[C@H](COCc2ccccc2)[C@@H](OCc2ccccc2)[C@H]1OCc1ccccc1. The first-order valence-electron chi connectivity index (χ1n) is 11.4. The van der Waals surface area contributed by atoms with Gasteiger partial charge < -0.3 is 18.9 Å². The lowest BCUT2D eigenvalue weighted by Crippen LogP contribution is -2.39. The number of ether oxygens (including phenoxy) is 4. The quantitative estimate of drug-likeness (QED) is 0.205. The molecule has 0 spiro atoms. The first kappa shape index (κ1) is 24.0. The molecule has 4 rings (SSSR count). The zero-order valence-corrected chi connectivity index (χ0v) is 19.0. The van der Waals surface area contributed by atoms with E-state index in [1.54, 1.807) is 0 Å². The number of hydrogen-bond acceptors (Lipinski definition) is 5. The van der Waals surface area contributed by atoms with Gasteiger partial charge in [0.2, 0.25) is 0 Å². The summed E-state index contributed by atoms with van der Waals surface area (Å²) < 4.78 is 24.9. The van der Waals surface area contributed by atoms with Crippen LogP contribution in [0.3, 0.4) is 0 Å². The highest BCUT2D eigenvalue weighted by atomic mass is 16.6. The molecule has 3 aromatic rings. The Labute approximate surface area is 199 Å². The number of azide groups is 1. The third-order valence-corrected chi connectivity index (χ3v) is 5.70. The Morgan fingerprint density at radius 3 is 1.65 bits per heavy atom. The molecule has 1 aliphatic rings. The summed E-state index contributed by atoms with van der Waals surface area (Å²) in [6, 6.07) is 29.9. The number of hydrogen-bond donors (Lipinski definition) is 0. The van der Waals surface area contributed by atoms with Crippen molar-refractivity contribution in [2.45, 2.75) is 44.2 Å². The number of benzene rings is 3. The summed E-state index contributed by atoms with van der Waals surface area (Å²) in [5.74, 6) is 0. The summed E-state index contributed by atoms with van der Waals surface area (Å²) in [5.41, 5.74) is 12.1. The predicted molar refractivity (Wildman–Crippen MR) is 129 cm³/mol. The molecule has 0 N–H and O–H groups in total. The van der Waals surface area contributed by atoms with E-state index >= 15 is 0 Å². The third-order valence-electron chi connectivity index (χ3n) is 5.70. The van der Waals surface area contributed by atoms with Gasteiger partial charge in [0.25, 0.3) is 0 Å². The first-order chi connectivity index (χ1) is 16.8. The second-order valence-corrected chi connectivity index (χ2v) is 8.15. The van der Waals surface area contributed by atoms with Gasteiger partial charge in [0.05, 0.1) is 39.1 Å². The van der Waals surface area contributed by atoms with Crippen LogP contribution >= 0.6 is 0 Å². The molecule has 7 nitrogen and oxygen atoms in total. The molecule has 4 atom stereocenters. The average molecular weight is 460 g/mol. The molecule has 1 saturated heterocycles. The van der Waals surface area contributed by atoms with E-state index in [1.165, 1.54) is 0 Å². The van der Waals surface area contributed by atoms with Gasteiger partial charge in [-0.15, -0.1) is 0 Å². The summed E-state index contributed by atoms with van der Waals surface area (Å²) in [4.78, 5) is 2.91. The van der Waals surface area contributed by atoms with Crippen molar-refractivity contribution in [2.24, 2.45) is 5.11 Å². The highest BCUT2D eigenvalue weighted by molar-refractivity contribution is 5.15. The lowest BCUT2D eigenvalue weighted by atomic mass is 10.1. The van der Waals surface area contributed by atoms with E-state index in [4.69, 9.17) is 24.5 Å². The molecular formula is C27H29N3O4. The van der Waals surface area contributed by atoms with Crippen LogP contribution in [0.25, 0.3) is 10.4 Å². The number of nitrogens with zero attached hydrogens (tertiary/aromatic N) is 3. The van der Waals surface area contributed by atoms with Crippen molar-refractivity contribution in [3.63, 3.8) is 0 Å². The van der Waals surface area contributed by atoms with Crippen molar-refractivity contribution < 1.29 is 18.9 Å². The predicted octanol–water partition coefficient (Wildman–Crippen LogP) is 5.45. The Hall–Kier alpha value is -3.19. The molecule has 0 amide bonds. The zero-order valence-electron chi connectivity index (χ0n) is 19.0. The fourth-order valence-corrected chi connectivity index (χ4v) is 4.01. The van der Waals surface area contributed by atoms with Gasteiger partial charge in [0.1, 0.15) is 18.3 Å². The molecule has 7 heteroatoms. The van der Waals surface area contributed by atoms with Crippen molar-refractivity contribution >= 4 is 0 Å². The van der Waals surface area contributed by atoms with E-state index < -0.39 is 12.2 Å². The Morgan fingerprint density at radius 1 is 0.676 bits per heavy atom. The lowest BCUT2D eigenvalue weighted by Gasteiger charge is -2.25. The second-order valence-electron chi connectivity index (χ2n) is 8.15. The largest absolute Gasteiger partial charge is 0.374 e. The smallest absolute Gasteiger partial charge is 0.115 e. The summed E-state index contributed by atoms with van der Waals surface area (Å²) in [6.07, 6.45) is -1.56. The maximum absolute atomic E-state index is 8.88. The molecule has 1 fully saturated rings. The molecule has 0 radical (unpaired) electrons. The van der Waals surface area contributed by atoms with Crippen LogP contribution in [0.1, 0.15) is 16.7 Å². The van der Waals surface area contributed by atoms with E-state index in [0.29, 0.717) is 26.4 Å². The molecule has 3 aromatic carbocycles. The average Bonchev–Trinajstić information content (AvgIpc) is 3.22. The first-order valence-corrected chi connectivity index (χ1v) is 11.4. The Balaban J connectivity index is 1.47. The van der Waals surface area contributed by atoms with Crippen molar-refractivity contribution in [2.75, 3.05) is 13.2 Å². The second kappa shape index (κ2) is 12.9. The molecule has 34 heavy (non-hydrogen) atoms. The van der Waals surface area contributed by atoms with Crippen molar-refractivity contribution in [1.82, 2.24) is 0 Å². The topological polar surface area (TPSA) is 85.7 Å². The van der Waals surface area contributed by atoms with Crippen LogP contribution in [0.5, 0.6) is 0 Å². The van der Waals surface area contributed by atoms with Crippen LogP contribution < -0.4 is 0 Å². The molecule has 0 aromatic heterocycles. The Kier molecular flexibility index (Phi) is 9.08. The maximum Gasteiger partial charge on any atom is 0.115 e. The summed E-state index contributed by atoms with van der Waals surface area (Å²) >= 11 is 0. The van der Waals surface area contributed by atoms with Crippen molar-refractivity contribution in [3.05, 3.63) is 118 Å². The van der Waals surface area contributed by atoms with Crippen LogP contribution in [-0.4, -0.2) is 37.6 Å². The van der Waals surface area contributed by atoms with Gasteiger partial charge in [-0.25, -0.2) is 0 Å². The van der Waals surface area contributed by atoms with Crippen LogP contribution in [0, 0.1) is 0 Å². The van der Waals surface area contributed by atoms with Crippen molar-refractivity contribution in [1.29, 1.82) is 0 Å². The van der Waals surface area contributed by atoms with E-state index in [-0.39, 0.29) is 18.8 Å². The molecular weight excluding hydrogens is 430 g/mol. The summed E-state index contributed by atoms with van der Waals surface area (Å²) in [5, 5.41) is 3.75. The maximum atomic E-state index is 8.88. The minimum atomic E-state index is -0.425. The van der Waals surface area contributed by atoms with Crippen LogP contribution in [0.4, 0.5) is 0 Å². The molecule has 0 aliphatic carbocycles. The monoisotopic (exact) mass is 459 g/mol. The molecule has 176 valence electrons. The van der Waals surface area contributed by atoms with E-state index in [9.17, 15) is 0 Å². The molecule has 1 heterocycles. The number of rotatable bonds is 12. The minimum absolute atomic E-state index is 0.163. The fraction of sp³-hybridized carbons (Fsp3) is 0.333. The van der Waals surface area contributed by atoms with Crippen LogP contribution in [0.15, 0.2) is 96.1 Å². The van der Waals surface area contributed by atoms with Crippen LogP contribution in [-0.2, 0) is 38.8 Å². The van der Waals surface area contributed by atoms with Gasteiger partial charge in [0, 0.05) is 4.91 Å². The van der Waals surface area contributed by atoms with E-state index in [1.807, 2.05) is 91.0 Å². The van der Waals surface area contributed by atoms with E-state index in [0.717, 1.165) is 16.7 Å². The standard InChI is InChI=1S/C27H29N3O4/c28-30-29-16-24-26(32-18-22-12-6-2-7-13-22)27(33-19-23-14-8-3-9-15-23)25(34-24)20-31-17-21-10-4-1-5-11-21/h1-15,24-27H,16-20H2/t24-,25-,26+,27-/m1/s1. The van der Waals surface area contributed by atoms with Gasteiger partial charge in [-0.05, 0) is 22.2 Å². The normalized spacial score (nSPS) is 21.8. The molecule has 1 aliphatic heterocycles.